The van der Waals surface area contributed by atoms with Gasteiger partial charge in [0.15, 0.2) is 5.13 Å². The lowest BCUT2D eigenvalue weighted by atomic mass is 10.0. The molecule has 1 atom stereocenters. The molecule has 1 aromatic carbocycles. The molecule has 2 aromatic rings. The van der Waals surface area contributed by atoms with E-state index in [1.54, 1.807) is 0 Å². The number of benzene rings is 1. The Bertz CT molecular complexity index is 630. The zero-order chi connectivity index (χ0) is 14.1. The summed E-state index contributed by atoms with van der Waals surface area (Å²) >= 11 is 1.52. The second-order valence-corrected chi connectivity index (χ2v) is 6.39. The molecule has 1 amide bonds. The normalized spacial score (nSPS) is 18.9. The van der Waals surface area contributed by atoms with Crippen LogP contribution in [0.5, 0.6) is 0 Å². The smallest absolute Gasteiger partial charge is 0.255 e. The molecule has 4 nitrogen and oxygen atoms in total. The van der Waals surface area contributed by atoms with Gasteiger partial charge in [-0.3, -0.25) is 10.1 Å². The summed E-state index contributed by atoms with van der Waals surface area (Å²) in [5.41, 5.74) is 2.21. The van der Waals surface area contributed by atoms with Crippen molar-refractivity contribution < 1.29 is 9.53 Å². The third-order valence-electron chi connectivity index (χ3n) is 3.52. The minimum atomic E-state index is -0.313. The number of hydrogen-bond donors (Lipinski definition) is 1. The molecule has 1 fully saturated rings. The van der Waals surface area contributed by atoms with E-state index in [9.17, 15) is 4.79 Å². The van der Waals surface area contributed by atoms with E-state index in [1.807, 2.05) is 12.1 Å². The van der Waals surface area contributed by atoms with Crippen molar-refractivity contribution in [3.05, 3.63) is 23.8 Å². The molecule has 1 unspecified atom stereocenters. The van der Waals surface area contributed by atoms with Crippen LogP contribution in [0.3, 0.4) is 0 Å². The molecule has 0 aliphatic carbocycles. The van der Waals surface area contributed by atoms with Crippen LogP contribution in [-0.2, 0) is 9.53 Å². The molecule has 1 aliphatic rings. The SMILES string of the molecule is CC(C)c1cccc2sc(NC(=O)C3CCCO3)nc12. The molecule has 3 rings (SSSR count). The van der Waals surface area contributed by atoms with Gasteiger partial charge in [-0.25, -0.2) is 4.98 Å². The molecule has 1 saturated heterocycles. The highest BCUT2D eigenvalue weighted by molar-refractivity contribution is 7.22. The Kier molecular flexibility index (Phi) is 3.72. The summed E-state index contributed by atoms with van der Waals surface area (Å²) in [6.45, 7) is 4.98. The van der Waals surface area contributed by atoms with Gasteiger partial charge in [-0.2, -0.15) is 0 Å². The van der Waals surface area contributed by atoms with Crippen LogP contribution in [0.25, 0.3) is 10.2 Å². The lowest BCUT2D eigenvalue weighted by Gasteiger charge is -2.07. The summed E-state index contributed by atoms with van der Waals surface area (Å²) in [6, 6.07) is 6.18. The summed E-state index contributed by atoms with van der Waals surface area (Å²) in [7, 11) is 0. The van der Waals surface area contributed by atoms with Crippen LogP contribution in [0.2, 0.25) is 0 Å². The van der Waals surface area contributed by atoms with E-state index in [2.05, 4.69) is 30.2 Å². The van der Waals surface area contributed by atoms with Crippen molar-refractivity contribution in [2.45, 2.75) is 38.7 Å². The monoisotopic (exact) mass is 290 g/mol. The number of thiazole rings is 1. The Morgan fingerprint density at radius 3 is 3.05 bits per heavy atom. The van der Waals surface area contributed by atoms with Gasteiger partial charge in [0.05, 0.1) is 10.2 Å². The molecule has 1 aromatic heterocycles. The predicted octanol–water partition coefficient (Wildman–Crippen LogP) is 3.54. The number of carbonyl (C=O) groups is 1. The van der Waals surface area contributed by atoms with E-state index in [0.29, 0.717) is 17.7 Å². The van der Waals surface area contributed by atoms with Crippen molar-refractivity contribution in [2.75, 3.05) is 11.9 Å². The minimum absolute atomic E-state index is 0.0762. The fraction of sp³-hybridized carbons (Fsp3) is 0.467. The van der Waals surface area contributed by atoms with Gasteiger partial charge in [-0.15, -0.1) is 0 Å². The summed E-state index contributed by atoms with van der Waals surface area (Å²) in [5, 5.41) is 3.54. The van der Waals surface area contributed by atoms with Gasteiger partial charge >= 0.3 is 0 Å². The van der Waals surface area contributed by atoms with E-state index in [0.717, 1.165) is 23.1 Å². The second-order valence-electron chi connectivity index (χ2n) is 5.36. The van der Waals surface area contributed by atoms with Gasteiger partial charge < -0.3 is 4.74 Å². The molecule has 1 aliphatic heterocycles. The molecule has 20 heavy (non-hydrogen) atoms. The average Bonchev–Trinajstić information content (AvgIpc) is 3.06. The van der Waals surface area contributed by atoms with Crippen molar-refractivity contribution in [2.24, 2.45) is 0 Å². The number of carbonyl (C=O) groups excluding carboxylic acids is 1. The highest BCUT2D eigenvalue weighted by atomic mass is 32.1. The predicted molar refractivity (Wildman–Crippen MR) is 81.3 cm³/mol. The van der Waals surface area contributed by atoms with Crippen LogP contribution >= 0.6 is 11.3 Å². The summed E-state index contributed by atoms with van der Waals surface area (Å²) < 4.78 is 6.50. The number of fused-ring (bicyclic) bond motifs is 1. The van der Waals surface area contributed by atoms with E-state index >= 15 is 0 Å². The molecule has 0 radical (unpaired) electrons. The van der Waals surface area contributed by atoms with Gasteiger partial charge in [0.25, 0.3) is 5.91 Å². The Hall–Kier alpha value is -1.46. The van der Waals surface area contributed by atoms with E-state index in [4.69, 9.17) is 4.74 Å². The maximum absolute atomic E-state index is 12.0. The summed E-state index contributed by atoms with van der Waals surface area (Å²) in [4.78, 5) is 16.6. The number of para-hydroxylation sites is 1. The van der Waals surface area contributed by atoms with Crippen molar-refractivity contribution in [1.29, 1.82) is 0 Å². The Morgan fingerprint density at radius 2 is 2.35 bits per heavy atom. The van der Waals surface area contributed by atoms with Crippen LogP contribution in [-0.4, -0.2) is 23.6 Å². The topological polar surface area (TPSA) is 51.2 Å². The first kappa shape index (κ1) is 13.5. The molecule has 0 bridgehead atoms. The Labute approximate surface area is 122 Å². The summed E-state index contributed by atoms with van der Waals surface area (Å²) in [5.74, 6) is 0.343. The van der Waals surface area contributed by atoms with Gasteiger partial charge in [-0.05, 0) is 30.4 Å². The molecule has 1 N–H and O–H groups in total. The van der Waals surface area contributed by atoms with Gasteiger partial charge in [0.2, 0.25) is 0 Å². The van der Waals surface area contributed by atoms with Crippen molar-refractivity contribution in [3.8, 4) is 0 Å². The molecular formula is C15H18N2O2S. The zero-order valence-corrected chi connectivity index (χ0v) is 12.5. The first-order valence-electron chi connectivity index (χ1n) is 6.97. The number of aromatic nitrogens is 1. The van der Waals surface area contributed by atoms with Crippen molar-refractivity contribution in [3.63, 3.8) is 0 Å². The van der Waals surface area contributed by atoms with Crippen LogP contribution in [0.4, 0.5) is 5.13 Å². The fourth-order valence-electron chi connectivity index (χ4n) is 2.46. The van der Waals surface area contributed by atoms with Crippen molar-refractivity contribution >= 4 is 32.6 Å². The van der Waals surface area contributed by atoms with Gasteiger partial charge in [0.1, 0.15) is 6.10 Å². The van der Waals surface area contributed by atoms with E-state index < -0.39 is 0 Å². The Morgan fingerprint density at radius 1 is 1.50 bits per heavy atom. The molecule has 0 saturated carbocycles. The van der Waals surface area contributed by atoms with Crippen LogP contribution in [0, 0.1) is 0 Å². The third-order valence-corrected chi connectivity index (χ3v) is 4.46. The number of rotatable bonds is 3. The van der Waals surface area contributed by atoms with Crippen LogP contribution < -0.4 is 5.32 Å². The minimum Gasteiger partial charge on any atom is -0.368 e. The first-order chi connectivity index (χ1) is 9.65. The molecule has 2 heterocycles. The Balaban J connectivity index is 1.85. The second kappa shape index (κ2) is 5.50. The molecule has 5 heteroatoms. The fourth-order valence-corrected chi connectivity index (χ4v) is 3.36. The number of amides is 1. The largest absolute Gasteiger partial charge is 0.368 e. The first-order valence-corrected chi connectivity index (χ1v) is 7.78. The zero-order valence-electron chi connectivity index (χ0n) is 11.7. The van der Waals surface area contributed by atoms with Crippen molar-refractivity contribution in [1.82, 2.24) is 4.98 Å². The van der Waals surface area contributed by atoms with Gasteiger partial charge in [0, 0.05) is 6.61 Å². The van der Waals surface area contributed by atoms with Crippen LogP contribution in [0.15, 0.2) is 18.2 Å². The lowest BCUT2D eigenvalue weighted by molar-refractivity contribution is -0.124. The maximum atomic E-state index is 12.0. The highest BCUT2D eigenvalue weighted by Gasteiger charge is 2.24. The average molecular weight is 290 g/mol. The molecule has 106 valence electrons. The van der Waals surface area contributed by atoms with Gasteiger partial charge in [-0.1, -0.05) is 37.3 Å². The summed E-state index contributed by atoms with van der Waals surface area (Å²) in [6.07, 6.45) is 1.44. The quantitative estimate of drug-likeness (QED) is 0.940. The number of hydrogen-bond acceptors (Lipinski definition) is 4. The number of anilines is 1. The number of ether oxygens (including phenoxy) is 1. The number of nitrogens with zero attached hydrogens (tertiary/aromatic N) is 1. The molecular weight excluding hydrogens is 272 g/mol. The molecule has 0 spiro atoms. The lowest BCUT2D eigenvalue weighted by Crippen LogP contribution is -2.26. The van der Waals surface area contributed by atoms with Crippen LogP contribution in [0.1, 0.15) is 38.2 Å². The number of nitrogens with one attached hydrogen (secondary N) is 1. The van der Waals surface area contributed by atoms with E-state index in [-0.39, 0.29) is 12.0 Å². The third kappa shape index (κ3) is 2.55. The standard InChI is InChI=1S/C15H18N2O2S/c1-9(2)10-5-3-7-12-13(10)16-15(20-12)17-14(18)11-6-4-8-19-11/h3,5,7,9,11H,4,6,8H2,1-2H3,(H,16,17,18). The highest BCUT2D eigenvalue weighted by Crippen LogP contribution is 2.31. The maximum Gasteiger partial charge on any atom is 0.255 e. The van der Waals surface area contributed by atoms with E-state index in [1.165, 1.54) is 16.9 Å².